The van der Waals surface area contributed by atoms with Gasteiger partial charge in [-0.3, -0.25) is 9.59 Å². The van der Waals surface area contributed by atoms with Crippen molar-refractivity contribution in [2.24, 2.45) is 0 Å². The standard InChI is InChI=1S/C22H22N4O2S/c23-16-10-5-4-8-14(16)20(27)26-22-19(15-9-2-1-3-11-17(15)29-22)21(28)25-18-12-6-7-13-24-18/h4-8,10,12-13H,1-3,9,11,23H2,(H,26,27)(H,24,25,28). The summed E-state index contributed by atoms with van der Waals surface area (Å²) in [5, 5.41) is 6.36. The lowest BCUT2D eigenvalue weighted by atomic mass is 10.0. The Morgan fingerprint density at radius 1 is 0.931 bits per heavy atom. The van der Waals surface area contributed by atoms with Crippen LogP contribution in [0.4, 0.5) is 16.5 Å². The fourth-order valence-electron chi connectivity index (χ4n) is 3.56. The third kappa shape index (κ3) is 4.14. The first-order chi connectivity index (χ1) is 14.1. The number of para-hydroxylation sites is 1. The fourth-order valence-corrected chi connectivity index (χ4v) is 4.84. The minimum Gasteiger partial charge on any atom is -0.398 e. The number of rotatable bonds is 4. The third-order valence-electron chi connectivity index (χ3n) is 4.99. The predicted molar refractivity (Wildman–Crippen MR) is 117 cm³/mol. The van der Waals surface area contributed by atoms with Gasteiger partial charge in [0, 0.05) is 16.8 Å². The maximum atomic E-state index is 13.1. The molecule has 0 unspecified atom stereocenters. The van der Waals surface area contributed by atoms with E-state index < -0.39 is 0 Å². The molecule has 3 aromatic rings. The molecule has 2 aromatic heterocycles. The van der Waals surface area contributed by atoms with E-state index in [1.54, 1.807) is 42.6 Å². The van der Waals surface area contributed by atoms with Crippen molar-refractivity contribution in [1.29, 1.82) is 0 Å². The molecule has 4 N–H and O–H groups in total. The second kappa shape index (κ2) is 8.45. The molecule has 7 heteroatoms. The topological polar surface area (TPSA) is 97.1 Å². The van der Waals surface area contributed by atoms with Gasteiger partial charge >= 0.3 is 0 Å². The van der Waals surface area contributed by atoms with Crippen molar-refractivity contribution in [3.8, 4) is 0 Å². The van der Waals surface area contributed by atoms with Gasteiger partial charge in [0.05, 0.1) is 11.1 Å². The summed E-state index contributed by atoms with van der Waals surface area (Å²) in [7, 11) is 0. The smallest absolute Gasteiger partial charge is 0.260 e. The zero-order valence-electron chi connectivity index (χ0n) is 15.9. The van der Waals surface area contributed by atoms with Crippen molar-refractivity contribution in [1.82, 2.24) is 4.98 Å². The van der Waals surface area contributed by atoms with E-state index in [1.807, 2.05) is 6.07 Å². The van der Waals surface area contributed by atoms with Crippen LogP contribution in [-0.4, -0.2) is 16.8 Å². The molecule has 0 aliphatic heterocycles. The maximum absolute atomic E-state index is 13.1. The number of amides is 2. The molecule has 0 spiro atoms. The van der Waals surface area contributed by atoms with Gasteiger partial charge in [0.1, 0.15) is 10.8 Å². The number of aryl methyl sites for hydroxylation is 1. The largest absolute Gasteiger partial charge is 0.398 e. The molecule has 29 heavy (non-hydrogen) atoms. The molecule has 0 fully saturated rings. The molecule has 2 heterocycles. The Kier molecular flexibility index (Phi) is 5.57. The first-order valence-corrected chi connectivity index (χ1v) is 10.5. The summed E-state index contributed by atoms with van der Waals surface area (Å²) in [4.78, 5) is 31.3. The van der Waals surface area contributed by atoms with E-state index in [4.69, 9.17) is 5.73 Å². The molecule has 2 amide bonds. The summed E-state index contributed by atoms with van der Waals surface area (Å²) in [6, 6.07) is 12.3. The van der Waals surface area contributed by atoms with Crippen LogP contribution in [0.15, 0.2) is 48.7 Å². The first-order valence-electron chi connectivity index (χ1n) is 9.66. The van der Waals surface area contributed by atoms with Crippen LogP contribution < -0.4 is 16.4 Å². The molecular weight excluding hydrogens is 384 g/mol. The van der Waals surface area contributed by atoms with E-state index in [1.165, 1.54) is 16.2 Å². The lowest BCUT2D eigenvalue weighted by Crippen LogP contribution is -2.19. The number of carbonyl (C=O) groups excluding carboxylic acids is 2. The number of thiophene rings is 1. The molecular formula is C22H22N4O2S. The molecule has 0 radical (unpaired) electrons. The molecule has 1 aliphatic rings. The van der Waals surface area contributed by atoms with Gasteiger partial charge in [0.15, 0.2) is 0 Å². The molecule has 0 atom stereocenters. The highest BCUT2D eigenvalue weighted by atomic mass is 32.1. The number of hydrogen-bond donors (Lipinski definition) is 3. The highest BCUT2D eigenvalue weighted by molar-refractivity contribution is 7.17. The number of fused-ring (bicyclic) bond motifs is 1. The molecule has 0 bridgehead atoms. The SMILES string of the molecule is Nc1ccccc1C(=O)Nc1sc2c(c1C(=O)Nc1ccccn1)CCCCC2. The fraction of sp³-hybridized carbons (Fsp3) is 0.227. The lowest BCUT2D eigenvalue weighted by molar-refractivity contribution is 0.102. The van der Waals surface area contributed by atoms with Crippen molar-refractivity contribution >= 4 is 39.7 Å². The van der Waals surface area contributed by atoms with Crippen molar-refractivity contribution in [2.75, 3.05) is 16.4 Å². The Labute approximate surface area is 173 Å². The molecule has 1 aliphatic carbocycles. The Balaban J connectivity index is 1.68. The molecule has 0 saturated heterocycles. The predicted octanol–water partition coefficient (Wildman–Crippen LogP) is 4.50. The van der Waals surface area contributed by atoms with Crippen LogP contribution in [0, 0.1) is 0 Å². The lowest BCUT2D eigenvalue weighted by Gasteiger charge is -2.10. The number of hydrogen-bond acceptors (Lipinski definition) is 5. The van der Waals surface area contributed by atoms with E-state index in [0.29, 0.717) is 27.6 Å². The Hall–Kier alpha value is -3.19. The van der Waals surface area contributed by atoms with E-state index in [9.17, 15) is 9.59 Å². The number of benzene rings is 1. The average Bonchev–Trinajstić information content (AvgIpc) is 2.89. The second-order valence-corrected chi connectivity index (χ2v) is 8.08. The van der Waals surface area contributed by atoms with Crippen LogP contribution in [0.25, 0.3) is 0 Å². The van der Waals surface area contributed by atoms with Gasteiger partial charge in [-0.2, -0.15) is 0 Å². The molecule has 6 nitrogen and oxygen atoms in total. The number of pyridine rings is 1. The molecule has 148 valence electrons. The van der Waals surface area contributed by atoms with Crippen LogP contribution in [0.5, 0.6) is 0 Å². The van der Waals surface area contributed by atoms with Crippen molar-refractivity contribution in [2.45, 2.75) is 32.1 Å². The van der Waals surface area contributed by atoms with Crippen LogP contribution in [0.3, 0.4) is 0 Å². The van der Waals surface area contributed by atoms with E-state index in [0.717, 1.165) is 37.7 Å². The van der Waals surface area contributed by atoms with Gasteiger partial charge in [-0.25, -0.2) is 4.98 Å². The minimum atomic E-state index is -0.314. The second-order valence-electron chi connectivity index (χ2n) is 6.98. The zero-order valence-corrected chi connectivity index (χ0v) is 16.7. The van der Waals surface area contributed by atoms with E-state index in [-0.39, 0.29) is 11.8 Å². The molecule has 0 saturated carbocycles. The summed E-state index contributed by atoms with van der Waals surface area (Å²) in [6.45, 7) is 0. The number of anilines is 3. The summed E-state index contributed by atoms with van der Waals surface area (Å²) in [5.74, 6) is -0.0820. The highest BCUT2D eigenvalue weighted by Gasteiger charge is 2.26. The van der Waals surface area contributed by atoms with Crippen LogP contribution in [-0.2, 0) is 12.8 Å². The van der Waals surface area contributed by atoms with Gasteiger partial charge < -0.3 is 16.4 Å². The first kappa shape index (κ1) is 19.1. The van der Waals surface area contributed by atoms with Crippen molar-refractivity contribution in [3.63, 3.8) is 0 Å². The van der Waals surface area contributed by atoms with Crippen molar-refractivity contribution in [3.05, 3.63) is 70.2 Å². The van der Waals surface area contributed by atoms with Gasteiger partial charge in [-0.05, 0) is 55.5 Å². The number of aromatic nitrogens is 1. The minimum absolute atomic E-state index is 0.251. The number of nitrogens with one attached hydrogen (secondary N) is 2. The Morgan fingerprint density at radius 3 is 2.52 bits per heavy atom. The summed E-state index contributed by atoms with van der Waals surface area (Å²) < 4.78 is 0. The van der Waals surface area contributed by atoms with Gasteiger partial charge in [0.25, 0.3) is 11.8 Å². The maximum Gasteiger partial charge on any atom is 0.260 e. The van der Waals surface area contributed by atoms with Crippen LogP contribution in [0.2, 0.25) is 0 Å². The molecule has 4 rings (SSSR count). The summed E-state index contributed by atoms with van der Waals surface area (Å²) >= 11 is 1.49. The van der Waals surface area contributed by atoms with Gasteiger partial charge in [0.2, 0.25) is 0 Å². The normalized spacial score (nSPS) is 13.2. The number of nitrogens with zero attached hydrogens (tertiary/aromatic N) is 1. The van der Waals surface area contributed by atoms with Crippen LogP contribution in [0.1, 0.15) is 50.4 Å². The van der Waals surface area contributed by atoms with Gasteiger partial charge in [-0.1, -0.05) is 24.6 Å². The number of nitrogens with two attached hydrogens (primary N) is 1. The summed E-state index contributed by atoms with van der Waals surface area (Å²) in [6.07, 6.45) is 6.66. The van der Waals surface area contributed by atoms with Gasteiger partial charge in [-0.15, -0.1) is 11.3 Å². The highest BCUT2D eigenvalue weighted by Crippen LogP contribution is 2.38. The quantitative estimate of drug-likeness (QED) is 0.439. The Morgan fingerprint density at radius 2 is 1.72 bits per heavy atom. The van der Waals surface area contributed by atoms with E-state index >= 15 is 0 Å². The van der Waals surface area contributed by atoms with Crippen LogP contribution >= 0.6 is 11.3 Å². The third-order valence-corrected chi connectivity index (χ3v) is 6.19. The average molecular weight is 407 g/mol. The molecule has 1 aromatic carbocycles. The number of carbonyl (C=O) groups is 2. The summed E-state index contributed by atoms with van der Waals surface area (Å²) in [5.41, 5.74) is 8.33. The van der Waals surface area contributed by atoms with Crippen molar-refractivity contribution < 1.29 is 9.59 Å². The van der Waals surface area contributed by atoms with E-state index in [2.05, 4.69) is 15.6 Å². The zero-order chi connectivity index (χ0) is 20.2. The number of nitrogen functional groups attached to an aromatic ring is 1. The monoisotopic (exact) mass is 406 g/mol. The Bertz CT molecular complexity index is 1050.